The van der Waals surface area contributed by atoms with Crippen LogP contribution in [0.15, 0.2) is 47.6 Å². The molecule has 0 radical (unpaired) electrons. The molecule has 0 bridgehead atoms. The van der Waals surface area contributed by atoms with E-state index in [0.29, 0.717) is 51.8 Å². The zero-order chi connectivity index (χ0) is 64.5. The predicted molar refractivity (Wildman–Crippen MR) is 335 cm³/mol. The molecule has 17 N–H and O–H groups in total. The van der Waals surface area contributed by atoms with Crippen molar-refractivity contribution in [1.29, 1.82) is 0 Å². The lowest BCUT2D eigenvalue weighted by Gasteiger charge is -2.37. The van der Waals surface area contributed by atoms with Crippen LogP contribution in [0, 0.1) is 9.49 Å². The van der Waals surface area contributed by atoms with Gasteiger partial charge in [0.2, 0.25) is 65.0 Å². The molecule has 2 fully saturated rings. The van der Waals surface area contributed by atoms with Crippen molar-refractivity contribution in [1.82, 2.24) is 42.1 Å². The summed E-state index contributed by atoms with van der Waals surface area (Å²) in [6.45, 7) is 4.72. The molecule has 2 aromatic rings. The summed E-state index contributed by atoms with van der Waals surface area (Å²) in [5, 5.41) is 42.6. The third kappa shape index (κ3) is 22.9. The van der Waals surface area contributed by atoms with Gasteiger partial charge in [-0.3, -0.25) is 52.7 Å². The normalized spacial score (nSPS) is 17.6. The number of aliphatic hydroxyl groups is 1. The second kappa shape index (κ2) is 35.8. The summed E-state index contributed by atoms with van der Waals surface area (Å²) in [7, 11) is 0. The number of benzene rings is 2. The molecule has 4 rings (SSSR count). The minimum absolute atomic E-state index is 0.0275. The van der Waals surface area contributed by atoms with Crippen LogP contribution in [0.2, 0.25) is 0 Å². The zero-order valence-corrected chi connectivity index (χ0v) is 52.8. The molecule has 1 saturated heterocycles. The maximum absolute atomic E-state index is 14.4. The molecule has 0 unspecified atom stereocenters. The number of carbonyl (C=O) groups is 11. The second-order valence-corrected chi connectivity index (χ2v) is 25.0. The van der Waals surface area contributed by atoms with Gasteiger partial charge in [0.05, 0.1) is 18.2 Å². The van der Waals surface area contributed by atoms with Gasteiger partial charge in [0.15, 0.2) is 0 Å². The van der Waals surface area contributed by atoms with E-state index in [4.69, 9.17) is 28.5 Å². The first-order valence-corrected chi connectivity index (χ1v) is 31.5. The fraction of sp³-hybridized carbons (Fsp3) is 0.589. The van der Waals surface area contributed by atoms with E-state index in [0.717, 1.165) is 19.3 Å². The van der Waals surface area contributed by atoms with E-state index >= 15 is 0 Å². The van der Waals surface area contributed by atoms with Crippen LogP contribution in [0.25, 0.3) is 10.4 Å². The lowest BCUT2D eigenvalue weighted by Crippen LogP contribution is -2.63. The highest BCUT2D eigenvalue weighted by Crippen LogP contribution is 2.43. The highest BCUT2D eigenvalue weighted by molar-refractivity contribution is 14.1. The minimum Gasteiger partial charge on any atom is -0.508 e. The Morgan fingerprint density at radius 2 is 1.37 bits per heavy atom. The Hall–Kier alpha value is -6.93. The van der Waals surface area contributed by atoms with Crippen LogP contribution >= 0.6 is 47.0 Å². The van der Waals surface area contributed by atoms with Gasteiger partial charge in [0, 0.05) is 57.0 Å². The fourth-order valence-electron chi connectivity index (χ4n) is 10.2. The molecule has 28 nitrogen and oxygen atoms in total. The number of aromatic hydroxyl groups is 1. The molecule has 87 heavy (non-hydrogen) atoms. The highest BCUT2D eigenvalue weighted by atomic mass is 127. The molecule has 11 amide bonds. The number of nitrogens with one attached hydrogen (secondary N) is 7. The number of rotatable bonds is 35. The van der Waals surface area contributed by atoms with Gasteiger partial charge in [-0.25, -0.2) is 0 Å². The summed E-state index contributed by atoms with van der Waals surface area (Å²) in [4.78, 5) is 153. The molecular weight excluding hydrogens is 1280 g/mol. The molecule has 0 spiro atoms. The monoisotopic (exact) mass is 1360 g/mol. The Balaban J connectivity index is 1.48. The number of phenolic OH excluding ortho intramolecular Hbond substituents is 1. The number of amides is 11. The maximum Gasteiger partial charge on any atom is 0.246 e. The van der Waals surface area contributed by atoms with Crippen LogP contribution in [0.4, 0.5) is 5.69 Å². The molecule has 31 heteroatoms. The first-order valence-electron chi connectivity index (χ1n) is 28.8. The van der Waals surface area contributed by atoms with Crippen LogP contribution in [-0.4, -0.2) is 164 Å². The Bertz CT molecular complexity index is 2820. The molecule has 1 aliphatic heterocycles. The number of aliphatic hydroxyl groups excluding tert-OH is 1. The first-order chi connectivity index (χ1) is 41.2. The standard InChI is InChI=1S/C56H82IN15O13S2/c1-4-30(2)46(68-51(81)39(25-32-12-15-34(74)16-13-32)63-45(77)28-56(19-6-5-7-20-56)87-23-18-43(59)75)53(83)69-47(31(3)73)54(84)66-40(27-44(60)76)50(80)67-41(29-86)55(85)72-22-9-11-42(72)52(82)64-37(10-8-21-58)49(79)65-38(48(61)78)26-33-14-17-36(70-71-62)35(57)24-33/h12-17,24,30-31,37-42,46-47,73-74,86H,4-11,18-23,25-29,58H2,1-3H3,(H2,59,75)(H2,60,76)(H2,61,78)(H,63,77)(H,64,82)(H,65,79)(H,66,84)(H,67,80)(H,68,81)(H,69,83)/t30-,31+,37-,38-,39-,40-,41-,42-,46-,47-/m0/s1. The van der Waals surface area contributed by atoms with Gasteiger partial charge >= 0.3 is 0 Å². The molecule has 1 saturated carbocycles. The molecule has 2 aromatic carbocycles. The molecule has 478 valence electrons. The summed E-state index contributed by atoms with van der Waals surface area (Å²) in [5.74, 6) is -9.76. The SMILES string of the molecule is CC[C@H](C)[C@H](NC(=O)[C@H](Cc1ccc(O)cc1)NC(=O)CC1(SCCC(N)=O)CCCCC1)C(=O)N[C@H](C(=O)N[C@@H](CC(N)=O)C(=O)N[C@@H](CS)C(=O)N1CCC[C@H]1C(=O)N[C@@H](CCCN)C(=O)N[C@@H](Cc1ccc(N=[N+]=[N-])c(I)c1)C(N)=O)[C@@H](C)O. The van der Waals surface area contributed by atoms with E-state index in [1.807, 2.05) is 22.6 Å². The lowest BCUT2D eigenvalue weighted by atomic mass is 9.85. The van der Waals surface area contributed by atoms with Crippen molar-refractivity contribution in [3.8, 4) is 5.75 Å². The minimum atomic E-state index is -1.83. The molecule has 0 aromatic heterocycles. The molecule has 1 aliphatic carbocycles. The second-order valence-electron chi connectivity index (χ2n) is 21.9. The number of nitrogens with two attached hydrogens (primary N) is 4. The van der Waals surface area contributed by atoms with Crippen molar-refractivity contribution >= 4 is 118 Å². The molecule has 2 aliphatic rings. The molecule has 1 heterocycles. The number of phenols is 1. The van der Waals surface area contributed by atoms with Crippen molar-refractivity contribution in [3.63, 3.8) is 0 Å². The van der Waals surface area contributed by atoms with Gasteiger partial charge in [0.1, 0.15) is 54.1 Å². The van der Waals surface area contributed by atoms with Crippen molar-refractivity contribution in [2.45, 2.75) is 176 Å². The molecule has 10 atom stereocenters. The van der Waals surface area contributed by atoms with Gasteiger partial charge < -0.3 is 75.3 Å². The number of carbonyl (C=O) groups excluding carboxylic acids is 11. The van der Waals surface area contributed by atoms with Gasteiger partial charge in [-0.15, -0.1) is 0 Å². The number of nitrogens with zero attached hydrogens (tertiary/aromatic N) is 4. The smallest absolute Gasteiger partial charge is 0.246 e. The van der Waals surface area contributed by atoms with Crippen molar-refractivity contribution in [2.24, 2.45) is 34.0 Å². The van der Waals surface area contributed by atoms with Crippen LogP contribution in [0.1, 0.15) is 115 Å². The fourth-order valence-corrected chi connectivity index (χ4v) is 12.7. The zero-order valence-electron chi connectivity index (χ0n) is 49.0. The van der Waals surface area contributed by atoms with Gasteiger partial charge in [-0.1, -0.05) is 68.9 Å². The number of thioether (sulfide) groups is 1. The van der Waals surface area contributed by atoms with E-state index in [1.54, 1.807) is 44.2 Å². The summed E-state index contributed by atoms with van der Waals surface area (Å²) < 4.78 is 0.0678. The van der Waals surface area contributed by atoms with E-state index in [-0.39, 0.29) is 69.5 Å². The number of hydrogen-bond donors (Lipinski definition) is 14. The Labute approximate surface area is 528 Å². The van der Waals surface area contributed by atoms with E-state index < -0.39 is 137 Å². The summed E-state index contributed by atoms with van der Waals surface area (Å²) in [6, 6.07) is -0.620. The maximum atomic E-state index is 14.4. The summed E-state index contributed by atoms with van der Waals surface area (Å²) in [6.07, 6.45) is 2.72. The number of thiol groups is 1. The number of halogens is 1. The van der Waals surface area contributed by atoms with Crippen LogP contribution in [0.3, 0.4) is 0 Å². The number of likely N-dealkylation sites (tertiary alicyclic amines) is 1. The number of primary amides is 3. The number of hydrogen-bond acceptors (Lipinski definition) is 17. The third-order valence-corrected chi connectivity index (χ3v) is 18.0. The van der Waals surface area contributed by atoms with E-state index in [1.165, 1.54) is 35.7 Å². The Morgan fingerprint density at radius 1 is 0.770 bits per heavy atom. The van der Waals surface area contributed by atoms with E-state index in [2.05, 4.69) is 59.9 Å². The van der Waals surface area contributed by atoms with Crippen molar-refractivity contribution < 1.29 is 63.0 Å². The largest absolute Gasteiger partial charge is 0.508 e. The topological polar surface area (TPSA) is 469 Å². The van der Waals surface area contributed by atoms with Crippen LogP contribution in [-0.2, 0) is 65.6 Å². The summed E-state index contributed by atoms with van der Waals surface area (Å²) >= 11 is 7.74. The van der Waals surface area contributed by atoms with Crippen molar-refractivity contribution in [2.75, 3.05) is 24.6 Å². The van der Waals surface area contributed by atoms with Gasteiger partial charge in [-0.2, -0.15) is 24.4 Å². The number of azide groups is 1. The Kier molecular flexibility index (Phi) is 29.8. The lowest BCUT2D eigenvalue weighted by molar-refractivity contribution is -0.142. The quantitative estimate of drug-likeness (QED) is 0.0145. The highest BCUT2D eigenvalue weighted by Gasteiger charge is 2.42. The van der Waals surface area contributed by atoms with Gasteiger partial charge in [-0.05, 0) is 115 Å². The molecular formula is C56H82IN15O13S2. The van der Waals surface area contributed by atoms with Crippen molar-refractivity contribution in [3.05, 3.63) is 67.6 Å². The average Bonchev–Trinajstić information content (AvgIpc) is 2.21. The summed E-state index contributed by atoms with van der Waals surface area (Å²) in [5.41, 5.74) is 32.7. The average molecular weight is 1360 g/mol. The van der Waals surface area contributed by atoms with Gasteiger partial charge in [0.25, 0.3) is 0 Å². The van der Waals surface area contributed by atoms with E-state index in [9.17, 15) is 63.0 Å². The van der Waals surface area contributed by atoms with Crippen LogP contribution < -0.4 is 60.2 Å². The first kappa shape index (κ1) is 72.5. The third-order valence-electron chi connectivity index (χ3n) is 15.2. The van der Waals surface area contributed by atoms with Crippen LogP contribution in [0.5, 0.6) is 5.75 Å². The Morgan fingerprint density at radius 3 is 1.95 bits per heavy atom. The predicted octanol–water partition coefficient (Wildman–Crippen LogP) is 0.266.